The highest BCUT2D eigenvalue weighted by Gasteiger charge is 2.34. The lowest BCUT2D eigenvalue weighted by Gasteiger charge is -2.27. The fourth-order valence-electron chi connectivity index (χ4n) is 1.73. The van der Waals surface area contributed by atoms with Crippen LogP contribution < -0.4 is 4.90 Å². The quantitative estimate of drug-likeness (QED) is 0.791. The zero-order valence-electron chi connectivity index (χ0n) is 16.4. The molecule has 0 aliphatic carbocycles. The Morgan fingerprint density at radius 3 is 1.74 bits per heavy atom. The van der Waals surface area contributed by atoms with Crippen molar-refractivity contribution in [1.82, 2.24) is 9.97 Å². The number of hydrogen-bond donors (Lipinski definition) is 1. The van der Waals surface area contributed by atoms with Crippen LogP contribution in [0.2, 0.25) is 0 Å². The first-order valence-corrected chi connectivity index (χ1v) is 8.17. The molecule has 0 aromatic carbocycles. The summed E-state index contributed by atoms with van der Waals surface area (Å²) in [6, 6.07) is 0. The van der Waals surface area contributed by atoms with Crippen LogP contribution in [-0.4, -0.2) is 44.4 Å². The Bertz CT molecular complexity index is 701. The van der Waals surface area contributed by atoms with Crippen molar-refractivity contribution in [3.8, 4) is 0 Å². The molecule has 0 saturated heterocycles. The Hall–Kier alpha value is -2.97. The first kappa shape index (κ1) is 22.1. The third-order valence-corrected chi connectivity index (χ3v) is 2.76. The number of rotatable bonds is 4. The van der Waals surface area contributed by atoms with Crippen molar-refractivity contribution in [1.29, 1.82) is 0 Å². The summed E-state index contributed by atoms with van der Waals surface area (Å²) in [5.41, 5.74) is -1.28. The number of aliphatic carboxylic acids is 1. The Labute approximate surface area is 158 Å². The van der Waals surface area contributed by atoms with Crippen LogP contribution in [0.15, 0.2) is 24.5 Å². The van der Waals surface area contributed by atoms with Crippen LogP contribution in [0.1, 0.15) is 47.1 Å². The predicted molar refractivity (Wildman–Crippen MR) is 97.5 cm³/mol. The molecule has 1 N–H and O–H groups in total. The zero-order chi connectivity index (χ0) is 21.0. The first-order chi connectivity index (χ1) is 12.2. The number of aromatic nitrogens is 2. The normalized spacial score (nSPS) is 11.5. The molecular formula is C18H25N3O6. The molecule has 0 spiro atoms. The van der Waals surface area contributed by atoms with Crippen LogP contribution in [0.3, 0.4) is 0 Å². The van der Waals surface area contributed by atoms with Crippen LogP contribution in [0.4, 0.5) is 15.5 Å². The van der Waals surface area contributed by atoms with Crippen molar-refractivity contribution in [3.63, 3.8) is 0 Å². The van der Waals surface area contributed by atoms with Crippen LogP contribution in [0.25, 0.3) is 0 Å². The number of carboxylic acids is 1. The third kappa shape index (κ3) is 7.43. The molecule has 0 bridgehead atoms. The van der Waals surface area contributed by atoms with E-state index in [2.05, 4.69) is 16.5 Å². The van der Waals surface area contributed by atoms with Crippen molar-refractivity contribution >= 4 is 24.1 Å². The molecule has 0 radical (unpaired) electrons. The summed E-state index contributed by atoms with van der Waals surface area (Å²) in [6.07, 6.45) is 0.657. The first-order valence-electron chi connectivity index (χ1n) is 8.17. The number of ether oxygens (including phenoxy) is 2. The SMILES string of the molecule is C=C(Cc1cnc(N(C(=O)OC(C)(C)C)C(=O)OC(C)(C)C)nc1)C(=O)O. The maximum absolute atomic E-state index is 12.5. The Morgan fingerprint density at radius 1 is 1.00 bits per heavy atom. The molecule has 1 heterocycles. The van der Waals surface area contributed by atoms with Crippen molar-refractivity contribution in [2.24, 2.45) is 0 Å². The third-order valence-electron chi connectivity index (χ3n) is 2.76. The van der Waals surface area contributed by atoms with Gasteiger partial charge in [0.1, 0.15) is 11.2 Å². The van der Waals surface area contributed by atoms with Crippen molar-refractivity contribution < 1.29 is 29.0 Å². The van der Waals surface area contributed by atoms with Gasteiger partial charge in [-0.1, -0.05) is 6.58 Å². The molecule has 1 aromatic heterocycles. The lowest BCUT2D eigenvalue weighted by atomic mass is 10.1. The molecule has 0 unspecified atom stereocenters. The summed E-state index contributed by atoms with van der Waals surface area (Å²) in [7, 11) is 0. The minimum absolute atomic E-state index is 0.0223. The Balaban J connectivity index is 3.14. The van der Waals surface area contributed by atoms with Gasteiger partial charge in [0.05, 0.1) is 0 Å². The van der Waals surface area contributed by atoms with Gasteiger partial charge in [0.2, 0.25) is 5.95 Å². The Morgan fingerprint density at radius 2 is 1.41 bits per heavy atom. The highest BCUT2D eigenvalue weighted by Crippen LogP contribution is 2.19. The fourth-order valence-corrected chi connectivity index (χ4v) is 1.73. The lowest BCUT2D eigenvalue weighted by molar-refractivity contribution is -0.132. The molecule has 9 heteroatoms. The largest absolute Gasteiger partial charge is 0.478 e. The Kier molecular flexibility index (Phi) is 6.66. The molecule has 27 heavy (non-hydrogen) atoms. The van der Waals surface area contributed by atoms with E-state index in [1.54, 1.807) is 41.5 Å². The van der Waals surface area contributed by atoms with Gasteiger partial charge < -0.3 is 14.6 Å². The zero-order valence-corrected chi connectivity index (χ0v) is 16.4. The van der Waals surface area contributed by atoms with E-state index in [9.17, 15) is 14.4 Å². The minimum atomic E-state index is -1.14. The van der Waals surface area contributed by atoms with E-state index in [0.29, 0.717) is 10.5 Å². The summed E-state index contributed by atoms with van der Waals surface area (Å²) >= 11 is 0. The number of imide groups is 1. The van der Waals surface area contributed by atoms with Gasteiger partial charge in [0.25, 0.3) is 0 Å². The standard InChI is InChI=1S/C18H25N3O6/c1-11(13(22)23)8-12-9-19-14(20-10-12)21(15(24)26-17(2,3)4)16(25)27-18(5,6)7/h9-10H,1,8H2,2-7H3,(H,22,23). The van der Waals surface area contributed by atoms with E-state index < -0.39 is 29.4 Å². The smallest absolute Gasteiger partial charge is 0.427 e. The van der Waals surface area contributed by atoms with E-state index in [0.717, 1.165) is 0 Å². The number of nitrogens with zero attached hydrogens (tertiary/aromatic N) is 3. The molecule has 1 aromatic rings. The molecular weight excluding hydrogens is 354 g/mol. The van der Waals surface area contributed by atoms with E-state index in [1.165, 1.54) is 12.4 Å². The minimum Gasteiger partial charge on any atom is -0.478 e. The summed E-state index contributed by atoms with van der Waals surface area (Å²) < 4.78 is 10.5. The summed E-state index contributed by atoms with van der Waals surface area (Å²) in [5.74, 6) is -1.38. The number of carboxylic acid groups (broad SMARTS) is 1. The molecule has 0 atom stereocenters. The lowest BCUT2D eigenvalue weighted by Crippen LogP contribution is -2.44. The van der Waals surface area contributed by atoms with Crippen molar-refractivity contribution in [2.45, 2.75) is 59.2 Å². The summed E-state index contributed by atoms with van der Waals surface area (Å²) in [5, 5.41) is 8.88. The van der Waals surface area contributed by atoms with Gasteiger partial charge in [-0.25, -0.2) is 24.4 Å². The van der Waals surface area contributed by atoms with Gasteiger partial charge >= 0.3 is 18.2 Å². The van der Waals surface area contributed by atoms with E-state index >= 15 is 0 Å². The van der Waals surface area contributed by atoms with Gasteiger partial charge in [-0.15, -0.1) is 4.90 Å². The van der Waals surface area contributed by atoms with Crippen LogP contribution in [0, 0.1) is 0 Å². The van der Waals surface area contributed by atoms with Gasteiger partial charge in [0.15, 0.2) is 0 Å². The second kappa shape index (κ2) is 8.15. The van der Waals surface area contributed by atoms with E-state index in [1.807, 2.05) is 0 Å². The molecule has 2 amide bonds. The average Bonchev–Trinajstić information content (AvgIpc) is 2.45. The van der Waals surface area contributed by atoms with Gasteiger partial charge in [-0.2, -0.15) is 0 Å². The van der Waals surface area contributed by atoms with Crippen LogP contribution >= 0.6 is 0 Å². The predicted octanol–water partition coefficient (Wildman–Crippen LogP) is 3.34. The maximum Gasteiger partial charge on any atom is 0.427 e. The molecule has 0 aliphatic heterocycles. The van der Waals surface area contributed by atoms with Crippen molar-refractivity contribution in [2.75, 3.05) is 4.90 Å². The molecule has 1 rings (SSSR count). The second-order valence-electron chi connectivity index (χ2n) is 7.77. The molecule has 0 fully saturated rings. The topological polar surface area (TPSA) is 119 Å². The van der Waals surface area contributed by atoms with E-state index in [-0.39, 0.29) is 17.9 Å². The molecule has 0 saturated carbocycles. The van der Waals surface area contributed by atoms with E-state index in [4.69, 9.17) is 14.6 Å². The van der Waals surface area contributed by atoms with Crippen LogP contribution in [0.5, 0.6) is 0 Å². The molecule has 9 nitrogen and oxygen atoms in total. The maximum atomic E-state index is 12.5. The molecule has 148 valence electrons. The number of anilines is 1. The van der Waals surface area contributed by atoms with Gasteiger partial charge in [0, 0.05) is 24.4 Å². The monoisotopic (exact) mass is 379 g/mol. The van der Waals surface area contributed by atoms with Crippen LogP contribution in [-0.2, 0) is 20.7 Å². The van der Waals surface area contributed by atoms with Gasteiger partial charge in [-0.3, -0.25) is 0 Å². The second-order valence-corrected chi connectivity index (χ2v) is 7.77. The number of carbonyl (C=O) groups excluding carboxylic acids is 2. The summed E-state index contributed by atoms with van der Waals surface area (Å²) in [4.78, 5) is 44.3. The summed E-state index contributed by atoms with van der Waals surface area (Å²) in [6.45, 7) is 13.3. The molecule has 0 aliphatic rings. The highest BCUT2D eigenvalue weighted by atomic mass is 16.6. The average molecular weight is 379 g/mol. The fraction of sp³-hybridized carbons (Fsp3) is 0.500. The number of hydrogen-bond acceptors (Lipinski definition) is 7. The number of carbonyl (C=O) groups is 3. The highest BCUT2D eigenvalue weighted by molar-refractivity contribution is 6.08. The number of amides is 2. The van der Waals surface area contributed by atoms with Gasteiger partial charge in [-0.05, 0) is 47.1 Å². The van der Waals surface area contributed by atoms with Crippen molar-refractivity contribution in [3.05, 3.63) is 30.1 Å².